The van der Waals surface area contributed by atoms with Gasteiger partial charge in [-0.15, -0.1) is 0 Å². The molecule has 4 unspecified atom stereocenters. The van der Waals surface area contributed by atoms with E-state index in [9.17, 15) is 0 Å². The minimum Gasteiger partial charge on any atom is -0.0905 e. The highest BCUT2D eigenvalue weighted by molar-refractivity contribution is 5.92. The van der Waals surface area contributed by atoms with Gasteiger partial charge in [0, 0.05) is 17.8 Å². The molecule has 0 aromatic heterocycles. The molecule has 0 nitrogen and oxygen atoms in total. The highest BCUT2D eigenvalue weighted by Crippen LogP contribution is 2.53. The number of hydrogen-bond acceptors (Lipinski definition) is 0. The maximum Gasteiger partial charge on any atom is 0.0130 e. The van der Waals surface area contributed by atoms with Crippen LogP contribution in [0.2, 0.25) is 0 Å². The predicted molar refractivity (Wildman–Crippen MR) is 281 cm³/mol. The molecule has 0 N–H and O–H groups in total. The molecule has 0 spiro atoms. The maximum atomic E-state index is 4.76. The lowest BCUT2D eigenvalue weighted by Crippen LogP contribution is -2.24. The highest BCUT2D eigenvalue weighted by atomic mass is 14.5. The second-order valence-electron chi connectivity index (χ2n) is 19.3. The lowest BCUT2D eigenvalue weighted by atomic mass is 9.74. The first kappa shape index (κ1) is 41.4. The van der Waals surface area contributed by atoms with Crippen molar-refractivity contribution in [3.63, 3.8) is 0 Å². The largest absolute Gasteiger partial charge is 0.0905 e. The van der Waals surface area contributed by atoms with Crippen molar-refractivity contribution in [3.8, 4) is 33.4 Å². The third-order valence-electron chi connectivity index (χ3n) is 15.1. The van der Waals surface area contributed by atoms with E-state index in [2.05, 4.69) is 245 Å². The lowest BCUT2D eigenvalue weighted by Gasteiger charge is -2.29. The van der Waals surface area contributed by atoms with Gasteiger partial charge in [0.1, 0.15) is 0 Å². The van der Waals surface area contributed by atoms with Gasteiger partial charge in [0.15, 0.2) is 0 Å². The zero-order chi connectivity index (χ0) is 44.8. The normalized spacial score (nSPS) is 18.4. The Kier molecular flexibility index (Phi) is 10.8. The Morgan fingerprint density at radius 3 is 2.12 bits per heavy atom. The monoisotopic (exact) mass is 848 g/mol. The summed E-state index contributed by atoms with van der Waals surface area (Å²) in [5, 5.41) is 2.63. The highest BCUT2D eigenvalue weighted by Gasteiger charge is 2.44. The van der Waals surface area contributed by atoms with E-state index in [1.54, 1.807) is 0 Å². The van der Waals surface area contributed by atoms with E-state index in [0.29, 0.717) is 17.8 Å². The fourth-order valence-electron chi connectivity index (χ4n) is 11.3. The fraction of sp³-hybridized carbons (Fsp3) is 0.152. The molecule has 8 aromatic rings. The van der Waals surface area contributed by atoms with Gasteiger partial charge < -0.3 is 0 Å². The van der Waals surface area contributed by atoms with E-state index in [1.807, 2.05) is 0 Å². The average Bonchev–Trinajstić information content (AvgIpc) is 3.60. The Morgan fingerprint density at radius 1 is 0.606 bits per heavy atom. The van der Waals surface area contributed by atoms with E-state index in [0.717, 1.165) is 18.4 Å². The van der Waals surface area contributed by atoms with Gasteiger partial charge in [-0.1, -0.05) is 233 Å². The summed E-state index contributed by atoms with van der Waals surface area (Å²) in [5.41, 5.74) is 20.4. The summed E-state index contributed by atoms with van der Waals surface area (Å²) in [4.78, 5) is 0. The van der Waals surface area contributed by atoms with E-state index in [-0.39, 0.29) is 11.3 Å². The van der Waals surface area contributed by atoms with Crippen molar-refractivity contribution in [1.29, 1.82) is 0 Å². The van der Waals surface area contributed by atoms with Gasteiger partial charge in [0.25, 0.3) is 0 Å². The van der Waals surface area contributed by atoms with E-state index in [1.165, 1.54) is 94.2 Å². The Bertz CT molecular complexity index is 3250. The molecular weight excluding hydrogens is 793 g/mol. The molecular formula is C66H56. The number of fused-ring (bicyclic) bond motifs is 4. The molecule has 320 valence electrons. The number of benzene rings is 8. The van der Waals surface area contributed by atoms with Crippen LogP contribution in [0.25, 0.3) is 49.7 Å². The standard InChI is InChI=1S/C66H56/c1-44-16-8-10-24-57(44)59-38-36-54(41-62(59)45(2)46-28-30-48(31-29-46)47-17-6-5-7-18-47)53-22-15-21-52(40-53)49-32-34-51(35-33-49)63(42-55-23-14-20-50-19-9-11-25-58(50)55)56-37-39-61-60-26-12-13-27-64(60)66(3,4)65(61)43-56/h5-30,32-41,43,48,60,63-64H,2,31,42H2,1,3-4H3. The summed E-state index contributed by atoms with van der Waals surface area (Å²) < 4.78 is 0. The summed E-state index contributed by atoms with van der Waals surface area (Å²) in [6.07, 6.45) is 18.2. The van der Waals surface area contributed by atoms with Gasteiger partial charge in [0.05, 0.1) is 0 Å². The summed E-state index contributed by atoms with van der Waals surface area (Å²) in [6.45, 7) is 11.8. The molecule has 0 heterocycles. The smallest absolute Gasteiger partial charge is 0.0130 e. The van der Waals surface area contributed by atoms with Gasteiger partial charge in [-0.3, -0.25) is 0 Å². The van der Waals surface area contributed by atoms with E-state index >= 15 is 0 Å². The van der Waals surface area contributed by atoms with Crippen LogP contribution in [0.5, 0.6) is 0 Å². The van der Waals surface area contributed by atoms with Crippen LogP contribution in [0.4, 0.5) is 0 Å². The molecule has 3 aliphatic carbocycles. The minimum atomic E-state index is 0.0569. The SMILES string of the molecule is C=C(C1=CCC(c2ccccc2)C=C1)c1cc(-c2cccc(-c3ccc(C(Cc4cccc5ccccc45)c4ccc5c(c4)C(C)(C)C4C=CC=CC54)cc3)c2)ccc1-c1ccccc1C. The first-order chi connectivity index (χ1) is 32.3. The third kappa shape index (κ3) is 7.65. The molecule has 3 aliphatic rings. The van der Waals surface area contributed by atoms with Crippen molar-refractivity contribution in [2.24, 2.45) is 5.92 Å². The van der Waals surface area contributed by atoms with Crippen LogP contribution in [0, 0.1) is 12.8 Å². The number of aryl methyl sites for hydroxylation is 1. The Hall–Kier alpha value is -7.28. The summed E-state index contributed by atoms with van der Waals surface area (Å²) in [5.74, 6) is 1.50. The van der Waals surface area contributed by atoms with Crippen LogP contribution in [-0.4, -0.2) is 0 Å². The van der Waals surface area contributed by atoms with Crippen molar-refractivity contribution in [2.75, 3.05) is 0 Å². The zero-order valence-electron chi connectivity index (χ0n) is 38.3. The molecule has 0 saturated carbocycles. The summed E-state index contributed by atoms with van der Waals surface area (Å²) in [6, 6.07) is 68.0. The first-order valence-corrected chi connectivity index (χ1v) is 23.8. The van der Waals surface area contributed by atoms with E-state index < -0.39 is 0 Å². The fourth-order valence-corrected chi connectivity index (χ4v) is 11.3. The second kappa shape index (κ2) is 17.3. The van der Waals surface area contributed by atoms with Crippen LogP contribution >= 0.6 is 0 Å². The Labute approximate surface area is 391 Å². The van der Waals surface area contributed by atoms with E-state index in [4.69, 9.17) is 6.58 Å². The van der Waals surface area contributed by atoms with Crippen LogP contribution in [0.3, 0.4) is 0 Å². The number of rotatable bonds is 10. The van der Waals surface area contributed by atoms with Gasteiger partial charge >= 0.3 is 0 Å². The predicted octanol–water partition coefficient (Wildman–Crippen LogP) is 17.3. The summed E-state index contributed by atoms with van der Waals surface area (Å²) >= 11 is 0. The average molecular weight is 849 g/mol. The molecule has 0 aliphatic heterocycles. The maximum absolute atomic E-state index is 4.76. The van der Waals surface area contributed by atoms with Crippen molar-refractivity contribution in [3.05, 3.63) is 281 Å². The minimum absolute atomic E-state index is 0.0569. The summed E-state index contributed by atoms with van der Waals surface area (Å²) in [7, 11) is 0. The van der Waals surface area contributed by atoms with Gasteiger partial charge in [-0.2, -0.15) is 0 Å². The zero-order valence-corrected chi connectivity index (χ0v) is 38.3. The Morgan fingerprint density at radius 2 is 1.30 bits per heavy atom. The molecule has 0 radical (unpaired) electrons. The third-order valence-corrected chi connectivity index (χ3v) is 15.1. The topological polar surface area (TPSA) is 0 Å². The van der Waals surface area contributed by atoms with Crippen molar-refractivity contribution in [2.45, 2.75) is 56.8 Å². The molecule has 0 saturated heterocycles. The van der Waals surface area contributed by atoms with Crippen molar-refractivity contribution < 1.29 is 0 Å². The molecule has 0 heteroatoms. The number of allylic oxidation sites excluding steroid dienone is 9. The van der Waals surface area contributed by atoms with Crippen LogP contribution < -0.4 is 0 Å². The van der Waals surface area contributed by atoms with Gasteiger partial charge in [-0.25, -0.2) is 0 Å². The molecule has 0 fully saturated rings. The second-order valence-corrected chi connectivity index (χ2v) is 19.3. The van der Waals surface area contributed by atoms with Crippen molar-refractivity contribution >= 4 is 16.3 Å². The molecule has 4 atom stereocenters. The molecule has 66 heavy (non-hydrogen) atoms. The van der Waals surface area contributed by atoms with Crippen molar-refractivity contribution in [1.82, 2.24) is 0 Å². The Balaban J connectivity index is 0.930. The van der Waals surface area contributed by atoms with Crippen LogP contribution in [0.15, 0.2) is 237 Å². The molecule has 0 amide bonds. The van der Waals surface area contributed by atoms with Gasteiger partial charge in [-0.05, 0) is 143 Å². The molecule has 11 rings (SSSR count). The molecule has 0 bridgehead atoms. The van der Waals surface area contributed by atoms with Crippen LogP contribution in [0.1, 0.15) is 82.5 Å². The quantitative estimate of drug-likeness (QED) is 0.129. The lowest BCUT2D eigenvalue weighted by molar-refractivity contribution is 0.394. The van der Waals surface area contributed by atoms with Crippen LogP contribution in [-0.2, 0) is 11.8 Å². The molecule has 8 aromatic carbocycles. The number of hydrogen-bond donors (Lipinski definition) is 0. The van der Waals surface area contributed by atoms with Gasteiger partial charge in [0.2, 0.25) is 0 Å². The first-order valence-electron chi connectivity index (χ1n) is 23.8.